The molecule has 40 heavy (non-hydrogen) atoms. The van der Waals surface area contributed by atoms with Gasteiger partial charge in [0.1, 0.15) is 10.0 Å². The third kappa shape index (κ3) is 7.43. The quantitative estimate of drug-likeness (QED) is 0.163. The zero-order chi connectivity index (χ0) is 28.5. The zero-order valence-corrected chi connectivity index (χ0v) is 25.5. The maximum absolute atomic E-state index is 12.2. The minimum absolute atomic E-state index is 0.173. The molecule has 4 rings (SSSR count). The molecule has 0 radical (unpaired) electrons. The first-order chi connectivity index (χ1) is 19.4. The first kappa shape index (κ1) is 29.6. The Kier molecular flexibility index (Phi) is 10.6. The lowest BCUT2D eigenvalue weighted by molar-refractivity contribution is -0.132. The summed E-state index contributed by atoms with van der Waals surface area (Å²) >= 11 is 3.30. The van der Waals surface area contributed by atoms with E-state index in [4.69, 9.17) is 0 Å². The second-order valence-corrected chi connectivity index (χ2v) is 12.0. The number of carbonyl (C=O) groups is 2. The van der Waals surface area contributed by atoms with Crippen LogP contribution < -0.4 is 0 Å². The fourth-order valence-electron chi connectivity index (χ4n) is 4.58. The Bertz CT molecular complexity index is 1290. The highest BCUT2D eigenvalue weighted by Crippen LogP contribution is 2.32. The van der Waals surface area contributed by atoms with E-state index in [0.717, 1.165) is 68.0 Å². The van der Waals surface area contributed by atoms with E-state index < -0.39 is 0 Å². The number of thiazole rings is 2. The SMILES string of the molecule is CCCN(Cc1ncc(-c2ccc(-c3ccc(-c4cnc(CN(CCC)C(=O)CC)s4)cc3)cc2)s1)C(=O)CC. The van der Waals surface area contributed by atoms with E-state index >= 15 is 0 Å². The molecule has 0 bridgehead atoms. The largest absolute Gasteiger partial charge is 0.336 e. The van der Waals surface area contributed by atoms with Gasteiger partial charge in [-0.05, 0) is 35.1 Å². The molecule has 0 aliphatic heterocycles. The van der Waals surface area contributed by atoms with Gasteiger partial charge >= 0.3 is 0 Å². The molecule has 0 atom stereocenters. The van der Waals surface area contributed by atoms with Crippen LogP contribution in [-0.4, -0.2) is 44.7 Å². The summed E-state index contributed by atoms with van der Waals surface area (Å²) in [7, 11) is 0. The summed E-state index contributed by atoms with van der Waals surface area (Å²) in [5, 5.41) is 1.93. The van der Waals surface area contributed by atoms with E-state index in [2.05, 4.69) is 72.3 Å². The Labute approximate surface area is 245 Å². The molecule has 0 aliphatic carbocycles. The van der Waals surface area contributed by atoms with E-state index in [-0.39, 0.29) is 11.8 Å². The molecule has 0 aliphatic rings. The standard InChI is InChI=1S/C32H38N4O2S2/c1-5-17-35(31(37)7-3)21-29-33-19-27(39-29)25-13-9-23(10-14-25)24-11-15-26(16-12-24)28-20-34-30(40-28)22-36(18-6-2)32(38)8-4/h9-16,19-20H,5-8,17-18,21-22H2,1-4H3. The van der Waals surface area contributed by atoms with E-state index in [1.54, 1.807) is 22.7 Å². The van der Waals surface area contributed by atoms with Crippen molar-refractivity contribution in [1.29, 1.82) is 0 Å². The number of benzene rings is 2. The van der Waals surface area contributed by atoms with Crippen molar-refractivity contribution >= 4 is 34.5 Å². The number of rotatable bonds is 13. The molecule has 2 amide bonds. The molecular formula is C32H38N4O2S2. The maximum atomic E-state index is 12.2. The van der Waals surface area contributed by atoms with Gasteiger partial charge in [-0.2, -0.15) is 0 Å². The number of aromatic nitrogens is 2. The van der Waals surface area contributed by atoms with Crippen LogP contribution in [0.4, 0.5) is 0 Å². The molecule has 4 aromatic rings. The molecule has 0 saturated carbocycles. The second kappa shape index (κ2) is 14.3. The van der Waals surface area contributed by atoms with Gasteiger partial charge in [-0.3, -0.25) is 9.59 Å². The minimum Gasteiger partial charge on any atom is -0.336 e. The summed E-state index contributed by atoms with van der Waals surface area (Å²) in [5.41, 5.74) is 4.56. The van der Waals surface area contributed by atoms with Crippen LogP contribution in [0.3, 0.4) is 0 Å². The van der Waals surface area contributed by atoms with Crippen LogP contribution in [0.2, 0.25) is 0 Å². The second-order valence-electron chi connectivity index (χ2n) is 9.73. The van der Waals surface area contributed by atoms with E-state index in [0.29, 0.717) is 25.9 Å². The summed E-state index contributed by atoms with van der Waals surface area (Å²) in [6.07, 6.45) is 6.74. The van der Waals surface area contributed by atoms with Crippen LogP contribution in [0, 0.1) is 0 Å². The molecule has 0 fully saturated rings. The Hall–Kier alpha value is -3.36. The highest BCUT2D eigenvalue weighted by Gasteiger charge is 2.15. The highest BCUT2D eigenvalue weighted by atomic mass is 32.1. The molecule has 6 nitrogen and oxygen atoms in total. The topological polar surface area (TPSA) is 66.4 Å². The summed E-state index contributed by atoms with van der Waals surface area (Å²) < 4.78 is 0. The van der Waals surface area contributed by atoms with Crippen molar-refractivity contribution in [2.75, 3.05) is 13.1 Å². The van der Waals surface area contributed by atoms with Crippen molar-refractivity contribution in [3.8, 4) is 32.0 Å². The molecule has 0 saturated heterocycles. The van der Waals surface area contributed by atoms with Gasteiger partial charge < -0.3 is 9.80 Å². The van der Waals surface area contributed by atoms with Crippen LogP contribution >= 0.6 is 22.7 Å². The van der Waals surface area contributed by atoms with Gasteiger partial charge in [-0.15, -0.1) is 22.7 Å². The summed E-state index contributed by atoms with van der Waals surface area (Å²) in [6.45, 7) is 10.7. The van der Waals surface area contributed by atoms with E-state index in [1.807, 2.05) is 36.0 Å². The molecule has 2 aromatic heterocycles. The van der Waals surface area contributed by atoms with Crippen LogP contribution in [0.25, 0.3) is 32.0 Å². The third-order valence-electron chi connectivity index (χ3n) is 6.73. The monoisotopic (exact) mass is 574 g/mol. The van der Waals surface area contributed by atoms with Crippen molar-refractivity contribution in [3.63, 3.8) is 0 Å². The Balaban J connectivity index is 1.41. The van der Waals surface area contributed by atoms with E-state index in [9.17, 15) is 9.59 Å². The van der Waals surface area contributed by atoms with Crippen molar-refractivity contribution in [2.45, 2.75) is 66.5 Å². The molecule has 2 aromatic carbocycles. The maximum Gasteiger partial charge on any atom is 0.222 e. The predicted octanol–water partition coefficient (Wildman–Crippen LogP) is 7.90. The van der Waals surface area contributed by atoms with Gasteiger partial charge in [0.15, 0.2) is 0 Å². The lowest BCUT2D eigenvalue weighted by Gasteiger charge is -2.20. The Morgan fingerprint density at radius 3 is 1.27 bits per heavy atom. The molecule has 0 N–H and O–H groups in total. The first-order valence-electron chi connectivity index (χ1n) is 14.1. The van der Waals surface area contributed by atoms with Gasteiger partial charge in [0.2, 0.25) is 11.8 Å². The molecule has 0 spiro atoms. The van der Waals surface area contributed by atoms with Gasteiger partial charge in [0.05, 0.1) is 22.8 Å². The van der Waals surface area contributed by atoms with Gasteiger partial charge in [0.25, 0.3) is 0 Å². The average Bonchev–Trinajstić information content (AvgIpc) is 3.66. The highest BCUT2D eigenvalue weighted by molar-refractivity contribution is 7.15. The lowest BCUT2D eigenvalue weighted by Crippen LogP contribution is -2.30. The molecule has 210 valence electrons. The normalized spacial score (nSPS) is 11.0. The first-order valence-corrected chi connectivity index (χ1v) is 15.7. The van der Waals surface area contributed by atoms with E-state index in [1.165, 1.54) is 0 Å². The number of hydrogen-bond donors (Lipinski definition) is 0. The van der Waals surface area contributed by atoms with Crippen molar-refractivity contribution in [3.05, 3.63) is 70.9 Å². The van der Waals surface area contributed by atoms with Crippen LogP contribution in [0.5, 0.6) is 0 Å². The fourth-order valence-corrected chi connectivity index (χ4v) is 6.46. The van der Waals surface area contributed by atoms with Crippen LogP contribution in [0.1, 0.15) is 63.4 Å². The molecule has 2 heterocycles. The van der Waals surface area contributed by atoms with Crippen molar-refractivity contribution in [1.82, 2.24) is 19.8 Å². The molecule has 8 heteroatoms. The molecular weight excluding hydrogens is 537 g/mol. The zero-order valence-electron chi connectivity index (χ0n) is 23.9. The molecule has 0 unspecified atom stereocenters. The number of hydrogen-bond acceptors (Lipinski definition) is 6. The average molecular weight is 575 g/mol. The predicted molar refractivity (Wildman–Crippen MR) is 166 cm³/mol. The van der Waals surface area contributed by atoms with Gasteiger partial charge in [-0.25, -0.2) is 9.97 Å². The van der Waals surface area contributed by atoms with Crippen LogP contribution in [0.15, 0.2) is 60.9 Å². The number of nitrogens with zero attached hydrogens (tertiary/aromatic N) is 4. The Morgan fingerprint density at radius 2 is 0.950 bits per heavy atom. The van der Waals surface area contributed by atoms with Crippen molar-refractivity contribution < 1.29 is 9.59 Å². The van der Waals surface area contributed by atoms with Gasteiger partial charge in [0, 0.05) is 38.3 Å². The third-order valence-corrected chi connectivity index (χ3v) is 8.79. The lowest BCUT2D eigenvalue weighted by atomic mass is 10.0. The summed E-state index contributed by atoms with van der Waals surface area (Å²) in [4.78, 5) is 39.7. The minimum atomic E-state index is 0.173. The smallest absolute Gasteiger partial charge is 0.222 e. The number of carbonyl (C=O) groups excluding carboxylic acids is 2. The fraction of sp³-hybridized carbons (Fsp3) is 0.375. The number of amides is 2. The van der Waals surface area contributed by atoms with Crippen LogP contribution in [-0.2, 0) is 22.7 Å². The van der Waals surface area contributed by atoms with Crippen molar-refractivity contribution in [2.24, 2.45) is 0 Å². The van der Waals surface area contributed by atoms with Gasteiger partial charge in [-0.1, -0.05) is 76.2 Å². The summed E-state index contributed by atoms with van der Waals surface area (Å²) in [6, 6.07) is 17.1. The Morgan fingerprint density at radius 1 is 0.600 bits per heavy atom. The summed E-state index contributed by atoms with van der Waals surface area (Å²) in [5.74, 6) is 0.346.